The number of piperidine rings is 1. The number of nitrogens with zero attached hydrogens (tertiary/aromatic N) is 1. The van der Waals surface area contributed by atoms with Crippen molar-refractivity contribution < 1.29 is 14.9 Å². The Morgan fingerprint density at radius 2 is 2.20 bits per heavy atom. The Bertz CT molecular complexity index is 467. The van der Waals surface area contributed by atoms with Gasteiger partial charge in [0.15, 0.2) is 11.5 Å². The molecule has 0 amide bonds. The smallest absolute Gasteiger partial charge is 0.172 e. The summed E-state index contributed by atoms with van der Waals surface area (Å²) in [7, 11) is 1.53. The summed E-state index contributed by atoms with van der Waals surface area (Å²) in [4.78, 5) is 2.36. The molecule has 1 fully saturated rings. The van der Waals surface area contributed by atoms with Crippen LogP contribution in [0, 0.1) is 5.92 Å². The quantitative estimate of drug-likeness (QED) is 0.881. The van der Waals surface area contributed by atoms with Gasteiger partial charge in [-0.15, -0.1) is 0 Å². The fraction of sp³-hybridized carbons (Fsp3) is 0.600. The highest BCUT2D eigenvalue weighted by atomic mass is 79.9. The van der Waals surface area contributed by atoms with E-state index in [1.165, 1.54) is 7.11 Å². The molecule has 2 unspecified atom stereocenters. The van der Waals surface area contributed by atoms with Crippen molar-refractivity contribution in [3.63, 3.8) is 0 Å². The summed E-state index contributed by atoms with van der Waals surface area (Å²) in [5.41, 5.74) is 1.00. The van der Waals surface area contributed by atoms with Crippen molar-refractivity contribution in [3.8, 4) is 11.5 Å². The van der Waals surface area contributed by atoms with Gasteiger partial charge < -0.3 is 19.8 Å². The van der Waals surface area contributed by atoms with Crippen LogP contribution in [0.5, 0.6) is 11.5 Å². The van der Waals surface area contributed by atoms with Gasteiger partial charge in [-0.25, -0.2) is 0 Å². The molecule has 0 aromatic heterocycles. The van der Waals surface area contributed by atoms with Gasteiger partial charge >= 0.3 is 0 Å². The minimum Gasteiger partial charge on any atom is -0.503 e. The van der Waals surface area contributed by atoms with E-state index in [-0.39, 0.29) is 17.8 Å². The second-order valence-electron chi connectivity index (χ2n) is 5.30. The third-order valence-electron chi connectivity index (χ3n) is 4.09. The molecule has 1 aliphatic heterocycles. The van der Waals surface area contributed by atoms with E-state index in [1.54, 1.807) is 6.07 Å². The summed E-state index contributed by atoms with van der Waals surface area (Å²) < 4.78 is 5.75. The zero-order valence-electron chi connectivity index (χ0n) is 12.0. The van der Waals surface area contributed by atoms with Gasteiger partial charge in [0.25, 0.3) is 0 Å². The summed E-state index contributed by atoms with van der Waals surface area (Å²) in [6.07, 6.45) is 1.29. The van der Waals surface area contributed by atoms with Crippen molar-refractivity contribution >= 4 is 15.9 Å². The molecule has 112 valence electrons. The summed E-state index contributed by atoms with van der Waals surface area (Å²) in [5.74, 6) is 0.787. The van der Waals surface area contributed by atoms with Crippen molar-refractivity contribution in [2.45, 2.75) is 25.9 Å². The molecule has 0 saturated carbocycles. The SMILES string of the molecule is CCN1CCC(O)C(Cc2ccc(OC)c(O)c2Br)C1. The van der Waals surface area contributed by atoms with E-state index >= 15 is 0 Å². The molecule has 2 rings (SSSR count). The van der Waals surface area contributed by atoms with Gasteiger partial charge in [0, 0.05) is 19.0 Å². The standard InChI is InChI=1S/C15H22BrNO3/c1-3-17-7-6-12(18)11(9-17)8-10-4-5-13(20-2)15(19)14(10)16/h4-5,11-12,18-19H,3,6-9H2,1-2H3. The number of aliphatic hydroxyl groups is 1. The van der Waals surface area contributed by atoms with E-state index in [4.69, 9.17) is 4.74 Å². The van der Waals surface area contributed by atoms with E-state index in [1.807, 2.05) is 6.07 Å². The molecule has 5 heteroatoms. The number of hydrogen-bond donors (Lipinski definition) is 2. The van der Waals surface area contributed by atoms with Crippen molar-refractivity contribution in [1.82, 2.24) is 4.90 Å². The maximum absolute atomic E-state index is 10.2. The predicted molar refractivity (Wildman–Crippen MR) is 82.3 cm³/mol. The van der Waals surface area contributed by atoms with Crippen LogP contribution in [0.4, 0.5) is 0 Å². The monoisotopic (exact) mass is 343 g/mol. The molecule has 0 aliphatic carbocycles. The first-order chi connectivity index (χ1) is 9.56. The Kier molecular flexibility index (Phi) is 5.29. The first-order valence-electron chi connectivity index (χ1n) is 7.01. The van der Waals surface area contributed by atoms with Gasteiger partial charge in [0.1, 0.15) is 0 Å². The molecule has 2 atom stereocenters. The first kappa shape index (κ1) is 15.6. The Hall–Kier alpha value is -0.780. The van der Waals surface area contributed by atoms with Crippen molar-refractivity contribution in [3.05, 3.63) is 22.2 Å². The number of halogens is 1. The zero-order chi connectivity index (χ0) is 14.7. The largest absolute Gasteiger partial charge is 0.503 e. The molecular formula is C15H22BrNO3. The van der Waals surface area contributed by atoms with Crippen LogP contribution in [0.1, 0.15) is 18.9 Å². The third-order valence-corrected chi connectivity index (χ3v) is 4.97. The second-order valence-corrected chi connectivity index (χ2v) is 6.10. The van der Waals surface area contributed by atoms with Crippen LogP contribution in [0.25, 0.3) is 0 Å². The van der Waals surface area contributed by atoms with Gasteiger partial charge in [-0.2, -0.15) is 0 Å². The van der Waals surface area contributed by atoms with Crippen LogP contribution in [0.2, 0.25) is 0 Å². The second kappa shape index (κ2) is 6.78. The van der Waals surface area contributed by atoms with E-state index in [9.17, 15) is 10.2 Å². The number of hydrogen-bond acceptors (Lipinski definition) is 4. The summed E-state index contributed by atoms with van der Waals surface area (Å²) in [6.45, 7) is 5.02. The molecule has 1 heterocycles. The number of aliphatic hydroxyl groups excluding tert-OH is 1. The van der Waals surface area contributed by atoms with Gasteiger partial charge in [-0.05, 0) is 46.9 Å². The minimum absolute atomic E-state index is 0.127. The highest BCUT2D eigenvalue weighted by Gasteiger charge is 2.28. The number of phenols is 1. The van der Waals surface area contributed by atoms with Crippen LogP contribution >= 0.6 is 15.9 Å². The Morgan fingerprint density at radius 3 is 2.85 bits per heavy atom. The molecule has 1 aromatic carbocycles. The molecule has 2 N–H and O–H groups in total. The summed E-state index contributed by atoms with van der Waals surface area (Å²) in [5, 5.41) is 20.2. The maximum Gasteiger partial charge on any atom is 0.172 e. The molecule has 0 bridgehead atoms. The number of likely N-dealkylation sites (tertiary alicyclic amines) is 1. The van der Waals surface area contributed by atoms with Crippen LogP contribution < -0.4 is 4.74 Å². The highest BCUT2D eigenvalue weighted by Crippen LogP contribution is 2.38. The zero-order valence-corrected chi connectivity index (χ0v) is 13.6. The van der Waals surface area contributed by atoms with Gasteiger partial charge in [0.05, 0.1) is 17.7 Å². The topological polar surface area (TPSA) is 52.9 Å². The predicted octanol–water partition coefficient (Wildman–Crippen LogP) is 2.41. The molecule has 0 radical (unpaired) electrons. The Morgan fingerprint density at radius 1 is 1.45 bits per heavy atom. The molecule has 0 spiro atoms. The molecular weight excluding hydrogens is 322 g/mol. The fourth-order valence-corrected chi connectivity index (χ4v) is 3.27. The van der Waals surface area contributed by atoms with Gasteiger partial charge in [0.2, 0.25) is 0 Å². The van der Waals surface area contributed by atoms with Crippen LogP contribution in [0.15, 0.2) is 16.6 Å². The normalized spacial score (nSPS) is 23.8. The third kappa shape index (κ3) is 3.27. The summed E-state index contributed by atoms with van der Waals surface area (Å²) >= 11 is 3.43. The average molecular weight is 344 g/mol. The lowest BCUT2D eigenvalue weighted by molar-refractivity contribution is 0.0289. The van der Waals surface area contributed by atoms with Crippen LogP contribution in [0.3, 0.4) is 0 Å². The van der Waals surface area contributed by atoms with Crippen molar-refractivity contribution in [1.29, 1.82) is 0 Å². The Balaban J connectivity index is 2.14. The van der Waals surface area contributed by atoms with Crippen molar-refractivity contribution in [2.24, 2.45) is 5.92 Å². The molecule has 1 saturated heterocycles. The van der Waals surface area contributed by atoms with Gasteiger partial charge in [-0.3, -0.25) is 0 Å². The van der Waals surface area contributed by atoms with Crippen molar-refractivity contribution in [2.75, 3.05) is 26.7 Å². The van der Waals surface area contributed by atoms with Crippen LogP contribution in [-0.2, 0) is 6.42 Å². The molecule has 4 nitrogen and oxygen atoms in total. The first-order valence-corrected chi connectivity index (χ1v) is 7.80. The number of ether oxygens (including phenoxy) is 1. The lowest BCUT2D eigenvalue weighted by Gasteiger charge is -2.35. The Labute approximate surface area is 128 Å². The van der Waals surface area contributed by atoms with Crippen LogP contribution in [-0.4, -0.2) is 48.0 Å². The lowest BCUT2D eigenvalue weighted by Crippen LogP contribution is -2.43. The van der Waals surface area contributed by atoms with E-state index in [0.29, 0.717) is 10.2 Å². The van der Waals surface area contributed by atoms with E-state index in [2.05, 4.69) is 27.8 Å². The number of phenolic OH excluding ortho intramolecular Hbond substituents is 1. The summed E-state index contributed by atoms with van der Waals surface area (Å²) in [6, 6.07) is 3.71. The molecule has 1 aliphatic rings. The molecule has 20 heavy (non-hydrogen) atoms. The lowest BCUT2D eigenvalue weighted by atomic mass is 9.88. The number of aromatic hydroxyl groups is 1. The van der Waals surface area contributed by atoms with E-state index in [0.717, 1.165) is 38.0 Å². The fourth-order valence-electron chi connectivity index (χ4n) is 2.78. The van der Waals surface area contributed by atoms with E-state index < -0.39 is 0 Å². The number of rotatable bonds is 4. The highest BCUT2D eigenvalue weighted by molar-refractivity contribution is 9.10. The van der Waals surface area contributed by atoms with Gasteiger partial charge in [-0.1, -0.05) is 13.0 Å². The number of methoxy groups -OCH3 is 1. The maximum atomic E-state index is 10.2. The minimum atomic E-state index is -0.269. The number of benzene rings is 1. The average Bonchev–Trinajstić information content (AvgIpc) is 2.46. The molecule has 1 aromatic rings.